The lowest BCUT2D eigenvalue weighted by Gasteiger charge is -2.14. The van der Waals surface area contributed by atoms with Crippen LogP contribution in [0.25, 0.3) is 0 Å². The zero-order valence-corrected chi connectivity index (χ0v) is 11.6. The normalized spacial score (nSPS) is 18.1. The summed E-state index contributed by atoms with van der Waals surface area (Å²) in [4.78, 5) is 0. The average molecular weight is 287 g/mol. The van der Waals surface area contributed by atoms with Crippen molar-refractivity contribution >= 4 is 12.2 Å². The molecule has 5 heteroatoms. The molecule has 0 aliphatic heterocycles. The van der Waals surface area contributed by atoms with E-state index in [0.29, 0.717) is 17.7 Å². The van der Waals surface area contributed by atoms with Crippen molar-refractivity contribution in [1.29, 1.82) is 0 Å². The zero-order chi connectivity index (χ0) is 13.9. The summed E-state index contributed by atoms with van der Waals surface area (Å²) < 4.78 is 15.6. The summed E-state index contributed by atoms with van der Waals surface area (Å²) in [6.45, 7) is 0.669. The summed E-state index contributed by atoms with van der Waals surface area (Å²) in [5, 5.41) is 7.14. The Bertz CT molecular complexity index is 712. The number of aromatic nitrogens is 3. The van der Waals surface area contributed by atoms with Crippen molar-refractivity contribution in [2.45, 2.75) is 18.9 Å². The molecule has 0 spiro atoms. The lowest BCUT2D eigenvalue weighted by atomic mass is 9.99. The molecule has 2 aromatic rings. The maximum atomic E-state index is 13.0. The van der Waals surface area contributed by atoms with E-state index in [0.717, 1.165) is 11.4 Å². The highest BCUT2D eigenvalue weighted by atomic mass is 32.1. The van der Waals surface area contributed by atoms with Crippen molar-refractivity contribution in [1.82, 2.24) is 14.8 Å². The van der Waals surface area contributed by atoms with E-state index in [4.69, 9.17) is 12.2 Å². The predicted octanol–water partition coefficient (Wildman–Crippen LogP) is 3.89. The molecule has 1 N–H and O–H groups in total. The Morgan fingerprint density at radius 3 is 2.85 bits per heavy atom. The van der Waals surface area contributed by atoms with E-state index in [1.54, 1.807) is 6.08 Å². The molecule has 0 bridgehead atoms. The first-order valence-electron chi connectivity index (χ1n) is 6.47. The molecular formula is C15H14FN3S. The van der Waals surface area contributed by atoms with Gasteiger partial charge in [-0.3, -0.25) is 9.67 Å². The van der Waals surface area contributed by atoms with Crippen molar-refractivity contribution < 1.29 is 4.39 Å². The van der Waals surface area contributed by atoms with Crippen LogP contribution in [0.15, 0.2) is 54.4 Å². The van der Waals surface area contributed by atoms with Crippen molar-refractivity contribution in [3.63, 3.8) is 0 Å². The molecule has 0 amide bonds. The second kappa shape index (κ2) is 5.54. The molecule has 0 saturated carbocycles. The molecule has 1 atom stereocenters. The molecule has 3 nitrogen and oxygen atoms in total. The molecule has 1 heterocycles. The van der Waals surface area contributed by atoms with E-state index in [2.05, 4.69) is 22.3 Å². The van der Waals surface area contributed by atoms with Gasteiger partial charge in [0.15, 0.2) is 4.77 Å². The van der Waals surface area contributed by atoms with Gasteiger partial charge in [-0.2, -0.15) is 5.10 Å². The molecule has 1 aromatic heterocycles. The van der Waals surface area contributed by atoms with Crippen LogP contribution in [-0.2, 0) is 6.54 Å². The number of allylic oxidation sites excluding steroid dienone is 4. The highest BCUT2D eigenvalue weighted by molar-refractivity contribution is 7.71. The fourth-order valence-electron chi connectivity index (χ4n) is 2.32. The van der Waals surface area contributed by atoms with Gasteiger partial charge in [-0.05, 0) is 36.4 Å². The smallest absolute Gasteiger partial charge is 0.195 e. The molecule has 3 rings (SSSR count). The Balaban J connectivity index is 1.91. The molecule has 102 valence electrons. The van der Waals surface area contributed by atoms with E-state index >= 15 is 0 Å². The Kier molecular flexibility index (Phi) is 3.60. The predicted molar refractivity (Wildman–Crippen MR) is 78.6 cm³/mol. The largest absolute Gasteiger partial charge is 0.299 e. The van der Waals surface area contributed by atoms with Crippen molar-refractivity contribution in [2.24, 2.45) is 0 Å². The molecule has 1 aliphatic carbocycles. The summed E-state index contributed by atoms with van der Waals surface area (Å²) >= 11 is 5.30. The summed E-state index contributed by atoms with van der Waals surface area (Å²) in [6, 6.07) is 10.1. The van der Waals surface area contributed by atoms with E-state index in [1.165, 1.54) is 6.08 Å². The molecular weight excluding hydrogens is 273 g/mol. The Morgan fingerprint density at radius 2 is 2.15 bits per heavy atom. The van der Waals surface area contributed by atoms with Gasteiger partial charge in [0, 0.05) is 5.92 Å². The fraction of sp³-hybridized carbons (Fsp3) is 0.200. The number of hydrogen-bond donors (Lipinski definition) is 1. The quantitative estimate of drug-likeness (QED) is 0.869. The first kappa shape index (κ1) is 13.0. The Morgan fingerprint density at radius 1 is 1.35 bits per heavy atom. The van der Waals surface area contributed by atoms with Gasteiger partial charge in [0.25, 0.3) is 0 Å². The highest BCUT2D eigenvalue weighted by Gasteiger charge is 2.18. The molecule has 0 fully saturated rings. The van der Waals surface area contributed by atoms with Crippen LogP contribution >= 0.6 is 12.2 Å². The van der Waals surface area contributed by atoms with Gasteiger partial charge in [0.05, 0.1) is 6.54 Å². The van der Waals surface area contributed by atoms with Crippen LogP contribution in [0.2, 0.25) is 0 Å². The van der Waals surface area contributed by atoms with Gasteiger partial charge in [-0.1, -0.05) is 36.4 Å². The molecule has 1 aliphatic rings. The number of hydrogen-bond acceptors (Lipinski definition) is 2. The Hall–Kier alpha value is -2.01. The lowest BCUT2D eigenvalue weighted by molar-refractivity contribution is 0.620. The number of halogens is 1. The number of benzene rings is 1. The minimum atomic E-state index is -0.190. The number of nitrogens with one attached hydrogen (secondary N) is 1. The summed E-state index contributed by atoms with van der Waals surface area (Å²) in [7, 11) is 0. The van der Waals surface area contributed by atoms with E-state index in [9.17, 15) is 4.39 Å². The van der Waals surface area contributed by atoms with Crippen molar-refractivity contribution in [3.8, 4) is 0 Å². The van der Waals surface area contributed by atoms with E-state index < -0.39 is 0 Å². The number of aromatic amines is 1. The average Bonchev–Trinajstić information content (AvgIpc) is 2.83. The van der Waals surface area contributed by atoms with Crippen LogP contribution in [0.1, 0.15) is 23.7 Å². The topological polar surface area (TPSA) is 33.6 Å². The van der Waals surface area contributed by atoms with Crippen LogP contribution in [0.5, 0.6) is 0 Å². The number of H-pyrrole nitrogens is 1. The summed E-state index contributed by atoms with van der Waals surface area (Å²) in [6.07, 6.45) is 5.51. The molecule has 1 aromatic carbocycles. The second-order valence-corrected chi connectivity index (χ2v) is 5.14. The van der Waals surface area contributed by atoms with Crippen molar-refractivity contribution in [2.75, 3.05) is 0 Å². The third-order valence-corrected chi connectivity index (χ3v) is 3.67. The van der Waals surface area contributed by atoms with E-state index in [-0.39, 0.29) is 11.7 Å². The van der Waals surface area contributed by atoms with Gasteiger partial charge >= 0.3 is 0 Å². The number of nitrogens with zero attached hydrogens (tertiary/aromatic N) is 2. The van der Waals surface area contributed by atoms with Gasteiger partial charge < -0.3 is 0 Å². The van der Waals surface area contributed by atoms with E-state index in [1.807, 2.05) is 28.8 Å². The maximum absolute atomic E-state index is 13.0. The second-order valence-electron chi connectivity index (χ2n) is 4.75. The number of rotatable bonds is 3. The van der Waals surface area contributed by atoms with Gasteiger partial charge in [-0.25, -0.2) is 4.39 Å². The molecule has 1 unspecified atom stereocenters. The van der Waals surface area contributed by atoms with Crippen LogP contribution in [-0.4, -0.2) is 14.8 Å². The Labute approximate surface area is 121 Å². The third-order valence-electron chi connectivity index (χ3n) is 3.36. The minimum Gasteiger partial charge on any atom is -0.299 e. The molecule has 0 radical (unpaired) electrons. The van der Waals surface area contributed by atoms with Crippen LogP contribution in [0.4, 0.5) is 4.39 Å². The lowest BCUT2D eigenvalue weighted by Crippen LogP contribution is -2.10. The fourth-order valence-corrected chi connectivity index (χ4v) is 2.52. The van der Waals surface area contributed by atoms with Gasteiger partial charge in [-0.15, -0.1) is 0 Å². The summed E-state index contributed by atoms with van der Waals surface area (Å²) in [5.41, 5.74) is 1.16. The minimum absolute atomic E-state index is 0.0613. The van der Waals surface area contributed by atoms with Crippen LogP contribution in [0.3, 0.4) is 0 Å². The van der Waals surface area contributed by atoms with Crippen molar-refractivity contribution in [3.05, 3.63) is 70.5 Å². The third kappa shape index (κ3) is 2.63. The monoisotopic (exact) mass is 287 g/mol. The molecule has 0 saturated heterocycles. The standard InChI is InChI=1S/C15H14FN3S/c16-13-8-6-12(7-9-13)14-17-18-15(20)19(14)10-11-4-2-1-3-5-11/h1-6,8-9,12H,7,10H2,(H,18,20). The van der Waals surface area contributed by atoms with Gasteiger partial charge in [0.2, 0.25) is 0 Å². The van der Waals surface area contributed by atoms with Crippen LogP contribution in [0, 0.1) is 4.77 Å². The summed E-state index contributed by atoms with van der Waals surface area (Å²) in [5.74, 6) is 0.718. The highest BCUT2D eigenvalue weighted by Crippen LogP contribution is 2.26. The first-order chi connectivity index (χ1) is 9.74. The first-order valence-corrected chi connectivity index (χ1v) is 6.88. The molecule has 20 heavy (non-hydrogen) atoms. The van der Waals surface area contributed by atoms with Gasteiger partial charge in [0.1, 0.15) is 11.7 Å². The van der Waals surface area contributed by atoms with Crippen LogP contribution < -0.4 is 0 Å². The SMILES string of the molecule is FC1=CCC(c2n[nH]c(=S)n2Cc2ccccc2)C=C1. The maximum Gasteiger partial charge on any atom is 0.195 e. The zero-order valence-electron chi connectivity index (χ0n) is 10.8.